The van der Waals surface area contributed by atoms with Crippen LogP contribution >= 0.6 is 0 Å². The second-order valence-corrected chi connectivity index (χ2v) is 1.73. The zero-order chi connectivity index (χ0) is 4.41. The van der Waals surface area contributed by atoms with E-state index in [9.17, 15) is 0 Å². The van der Waals surface area contributed by atoms with Gasteiger partial charge in [-0.3, -0.25) is 0 Å². The monoisotopic (exact) mass is 84.1 g/mol. The molecule has 1 aliphatic carbocycles. The lowest BCUT2D eigenvalue weighted by molar-refractivity contribution is 0.704. The minimum absolute atomic E-state index is 0.773. The molecule has 0 heterocycles. The molecule has 0 spiro atoms. The molecule has 1 fully saturated rings. The van der Waals surface area contributed by atoms with Gasteiger partial charge in [0.05, 0.1) is 0 Å². The van der Waals surface area contributed by atoms with E-state index in [0.717, 1.165) is 12.6 Å². The maximum atomic E-state index is 4.24. The molecule has 35 valence electrons. The first-order valence-corrected chi connectivity index (χ1v) is 2.60. The minimum Gasteiger partial charge on any atom is -0.239 e. The second-order valence-electron chi connectivity index (χ2n) is 1.73. The lowest BCUT2D eigenvalue weighted by Gasteiger charge is -1.85. The molecule has 1 aliphatic rings. The van der Waals surface area contributed by atoms with E-state index in [4.69, 9.17) is 0 Å². The average Bonchev–Trinajstić information content (AvgIpc) is 2.21. The Morgan fingerprint density at radius 2 is 2.33 bits per heavy atom. The highest BCUT2D eigenvalue weighted by Gasteiger charge is 2.19. The number of hydrogen-bond acceptors (Lipinski definition) is 0. The molecule has 0 atom stereocenters. The van der Waals surface area contributed by atoms with Crippen LogP contribution in [0.5, 0.6) is 0 Å². The summed E-state index contributed by atoms with van der Waals surface area (Å²) in [5.74, 6) is 0. The molecule has 1 saturated carbocycles. The van der Waals surface area contributed by atoms with Crippen LogP contribution in [0.4, 0.5) is 0 Å². The molecule has 0 aromatic carbocycles. The molecule has 0 N–H and O–H groups in total. The third-order valence-corrected chi connectivity index (χ3v) is 0.988. The molecule has 1 nitrogen and oxygen atoms in total. The Labute approximate surface area is 38.7 Å². The van der Waals surface area contributed by atoms with Crippen LogP contribution in [-0.4, -0.2) is 12.6 Å². The SMILES string of the molecule is CC[N]C1CC1. The fraction of sp³-hybridized carbons (Fsp3) is 1.00. The van der Waals surface area contributed by atoms with Gasteiger partial charge >= 0.3 is 0 Å². The first-order chi connectivity index (χ1) is 2.93. The van der Waals surface area contributed by atoms with E-state index in [-0.39, 0.29) is 0 Å². The van der Waals surface area contributed by atoms with Crippen LogP contribution in [0.25, 0.3) is 0 Å². The lowest BCUT2D eigenvalue weighted by atomic mass is 10.6. The molecule has 0 saturated heterocycles. The largest absolute Gasteiger partial charge is 0.239 e. The highest BCUT2D eigenvalue weighted by molar-refractivity contribution is 4.79. The van der Waals surface area contributed by atoms with Crippen LogP contribution < -0.4 is 5.32 Å². The van der Waals surface area contributed by atoms with Crippen molar-refractivity contribution >= 4 is 0 Å². The first kappa shape index (κ1) is 4.13. The highest BCUT2D eigenvalue weighted by Crippen LogP contribution is 2.19. The quantitative estimate of drug-likeness (QED) is 0.469. The van der Waals surface area contributed by atoms with E-state index in [1.54, 1.807) is 0 Å². The minimum atomic E-state index is 0.773. The summed E-state index contributed by atoms with van der Waals surface area (Å²) in [4.78, 5) is 0. The van der Waals surface area contributed by atoms with E-state index >= 15 is 0 Å². The summed E-state index contributed by atoms with van der Waals surface area (Å²) >= 11 is 0. The Bertz CT molecular complexity index is 39.2. The third-order valence-electron chi connectivity index (χ3n) is 0.988. The molecular formula is C5H10N. The molecule has 1 rings (SSSR count). The van der Waals surface area contributed by atoms with Crippen LogP contribution in [0, 0.1) is 0 Å². The fourth-order valence-corrected chi connectivity index (χ4v) is 0.515. The Balaban J connectivity index is 1.88. The average molecular weight is 84.1 g/mol. The number of rotatable bonds is 2. The van der Waals surface area contributed by atoms with Crippen molar-refractivity contribution in [3.05, 3.63) is 0 Å². The summed E-state index contributed by atoms with van der Waals surface area (Å²) < 4.78 is 0. The Kier molecular flexibility index (Phi) is 1.10. The highest BCUT2D eigenvalue weighted by atomic mass is 14.9. The molecule has 0 aliphatic heterocycles. The number of nitrogens with zero attached hydrogens (tertiary/aromatic N) is 1. The van der Waals surface area contributed by atoms with E-state index in [1.165, 1.54) is 12.8 Å². The maximum Gasteiger partial charge on any atom is 0.0247 e. The summed E-state index contributed by atoms with van der Waals surface area (Å²) in [5, 5.41) is 4.24. The standard InChI is InChI=1S/C5H10N/c1-2-6-5-3-4-5/h5H,2-4H2,1H3. The van der Waals surface area contributed by atoms with Gasteiger partial charge in [0.15, 0.2) is 0 Å². The van der Waals surface area contributed by atoms with Gasteiger partial charge in [-0.25, -0.2) is 5.32 Å². The molecule has 0 bridgehead atoms. The van der Waals surface area contributed by atoms with Crippen molar-refractivity contribution in [1.29, 1.82) is 0 Å². The Hall–Kier alpha value is -0.0400. The van der Waals surface area contributed by atoms with Crippen molar-refractivity contribution in [2.24, 2.45) is 0 Å². The van der Waals surface area contributed by atoms with Gasteiger partial charge in [-0.05, 0) is 12.8 Å². The van der Waals surface area contributed by atoms with Crippen LogP contribution in [0.15, 0.2) is 0 Å². The smallest absolute Gasteiger partial charge is 0.0247 e. The molecule has 6 heavy (non-hydrogen) atoms. The van der Waals surface area contributed by atoms with Crippen molar-refractivity contribution in [3.8, 4) is 0 Å². The molecule has 0 aromatic rings. The van der Waals surface area contributed by atoms with Gasteiger partial charge < -0.3 is 0 Å². The van der Waals surface area contributed by atoms with Gasteiger partial charge in [0.25, 0.3) is 0 Å². The predicted octanol–water partition coefficient (Wildman–Crippen LogP) is 0.773. The van der Waals surface area contributed by atoms with Crippen molar-refractivity contribution in [1.82, 2.24) is 5.32 Å². The van der Waals surface area contributed by atoms with Gasteiger partial charge in [0.1, 0.15) is 0 Å². The first-order valence-electron chi connectivity index (χ1n) is 2.60. The summed E-state index contributed by atoms with van der Waals surface area (Å²) in [6.45, 7) is 3.11. The molecule has 0 amide bonds. The van der Waals surface area contributed by atoms with E-state index in [1.807, 2.05) is 0 Å². The summed E-state index contributed by atoms with van der Waals surface area (Å²) in [6.07, 6.45) is 2.71. The normalized spacial score (nSPS) is 21.5. The van der Waals surface area contributed by atoms with Crippen LogP contribution in [-0.2, 0) is 0 Å². The summed E-state index contributed by atoms with van der Waals surface area (Å²) in [5.41, 5.74) is 0. The zero-order valence-corrected chi connectivity index (χ0v) is 4.15. The summed E-state index contributed by atoms with van der Waals surface area (Å²) in [7, 11) is 0. The lowest BCUT2D eigenvalue weighted by Crippen LogP contribution is -2.04. The van der Waals surface area contributed by atoms with Crippen molar-refractivity contribution in [2.75, 3.05) is 6.54 Å². The Morgan fingerprint density at radius 1 is 1.67 bits per heavy atom. The van der Waals surface area contributed by atoms with E-state index in [0.29, 0.717) is 0 Å². The van der Waals surface area contributed by atoms with Gasteiger partial charge in [-0.1, -0.05) is 6.92 Å². The van der Waals surface area contributed by atoms with Crippen LogP contribution in [0.1, 0.15) is 19.8 Å². The Morgan fingerprint density at radius 3 is 2.50 bits per heavy atom. The van der Waals surface area contributed by atoms with Crippen molar-refractivity contribution in [3.63, 3.8) is 0 Å². The zero-order valence-electron chi connectivity index (χ0n) is 4.15. The van der Waals surface area contributed by atoms with Gasteiger partial charge in [-0.2, -0.15) is 0 Å². The molecular weight excluding hydrogens is 74.1 g/mol. The molecule has 1 heteroatoms. The molecule has 0 unspecified atom stereocenters. The van der Waals surface area contributed by atoms with Gasteiger partial charge in [0, 0.05) is 12.6 Å². The molecule has 1 radical (unpaired) electrons. The maximum absolute atomic E-state index is 4.24. The predicted molar refractivity (Wildman–Crippen MR) is 25.7 cm³/mol. The van der Waals surface area contributed by atoms with E-state index in [2.05, 4.69) is 12.2 Å². The third kappa shape index (κ3) is 0.977. The fourth-order valence-electron chi connectivity index (χ4n) is 0.515. The van der Waals surface area contributed by atoms with Gasteiger partial charge in [0.2, 0.25) is 0 Å². The van der Waals surface area contributed by atoms with Crippen LogP contribution in [0.3, 0.4) is 0 Å². The van der Waals surface area contributed by atoms with Crippen molar-refractivity contribution in [2.45, 2.75) is 25.8 Å². The number of hydrogen-bond donors (Lipinski definition) is 0. The summed E-state index contributed by atoms with van der Waals surface area (Å²) in [6, 6.07) is 0.773. The van der Waals surface area contributed by atoms with E-state index < -0.39 is 0 Å². The topological polar surface area (TPSA) is 14.1 Å². The molecule has 0 aromatic heterocycles. The van der Waals surface area contributed by atoms with Crippen molar-refractivity contribution < 1.29 is 0 Å². The second kappa shape index (κ2) is 1.61. The van der Waals surface area contributed by atoms with Gasteiger partial charge in [-0.15, -0.1) is 0 Å². The van der Waals surface area contributed by atoms with Crippen LogP contribution in [0.2, 0.25) is 0 Å².